The van der Waals surface area contributed by atoms with E-state index < -0.39 is 0 Å². The van der Waals surface area contributed by atoms with Crippen LogP contribution in [0.1, 0.15) is 28.8 Å². The number of amides is 1. The van der Waals surface area contributed by atoms with Crippen LogP contribution in [0, 0.1) is 12.8 Å². The Morgan fingerprint density at radius 1 is 1.11 bits per heavy atom. The zero-order valence-corrected chi connectivity index (χ0v) is 15.5. The first kappa shape index (κ1) is 16.9. The van der Waals surface area contributed by atoms with Gasteiger partial charge in [-0.1, -0.05) is 12.1 Å². The average Bonchev–Trinajstić information content (AvgIpc) is 3.46. The SMILES string of the molecule is Cc1cnc(OC2CC3CC2N(C(=O)c2ccccc2-n2nccn2)C3)nc1. The number of nitrogens with zero attached hydrogens (tertiary/aromatic N) is 6. The summed E-state index contributed by atoms with van der Waals surface area (Å²) in [5.41, 5.74) is 2.26. The maximum atomic E-state index is 13.4. The third-order valence-corrected chi connectivity index (χ3v) is 5.47. The quantitative estimate of drug-likeness (QED) is 0.693. The fourth-order valence-electron chi connectivity index (χ4n) is 4.23. The van der Waals surface area contributed by atoms with Crippen LogP contribution in [0.5, 0.6) is 6.01 Å². The summed E-state index contributed by atoms with van der Waals surface area (Å²) >= 11 is 0. The van der Waals surface area contributed by atoms with E-state index in [4.69, 9.17) is 4.74 Å². The Balaban J connectivity index is 1.39. The second kappa shape index (κ2) is 6.70. The van der Waals surface area contributed by atoms with Gasteiger partial charge in [-0.2, -0.15) is 15.0 Å². The lowest BCUT2D eigenvalue weighted by Crippen LogP contribution is -2.47. The number of ether oxygens (including phenoxy) is 1. The number of aromatic nitrogens is 5. The van der Waals surface area contributed by atoms with Gasteiger partial charge in [0.05, 0.1) is 29.7 Å². The molecular weight excluding hydrogens is 356 g/mol. The summed E-state index contributed by atoms with van der Waals surface area (Å²) in [5.74, 6) is 0.429. The van der Waals surface area contributed by atoms with Crippen LogP contribution >= 0.6 is 0 Å². The Bertz CT molecular complexity index is 988. The van der Waals surface area contributed by atoms with Gasteiger partial charge in [0.15, 0.2) is 0 Å². The summed E-state index contributed by atoms with van der Waals surface area (Å²) < 4.78 is 6.04. The van der Waals surface area contributed by atoms with Crippen LogP contribution in [0.15, 0.2) is 49.1 Å². The third-order valence-electron chi connectivity index (χ3n) is 5.47. The highest BCUT2D eigenvalue weighted by molar-refractivity contribution is 5.98. The average molecular weight is 376 g/mol. The minimum Gasteiger partial charge on any atom is -0.458 e. The van der Waals surface area contributed by atoms with Gasteiger partial charge in [-0.25, -0.2) is 9.97 Å². The molecule has 1 saturated heterocycles. The number of hydrogen-bond acceptors (Lipinski definition) is 6. The molecular formula is C20H20N6O2. The van der Waals surface area contributed by atoms with Gasteiger partial charge >= 0.3 is 6.01 Å². The highest BCUT2D eigenvalue weighted by Gasteiger charge is 2.48. The van der Waals surface area contributed by atoms with Gasteiger partial charge in [0.1, 0.15) is 6.10 Å². The minimum absolute atomic E-state index is 0.0153. The summed E-state index contributed by atoms with van der Waals surface area (Å²) in [5, 5.41) is 8.35. The number of likely N-dealkylation sites (tertiary alicyclic amines) is 1. The molecule has 8 nitrogen and oxygen atoms in total. The molecule has 1 saturated carbocycles. The van der Waals surface area contributed by atoms with Crippen molar-refractivity contribution in [1.82, 2.24) is 29.9 Å². The monoisotopic (exact) mass is 376 g/mol. The first-order valence-corrected chi connectivity index (χ1v) is 9.41. The van der Waals surface area contributed by atoms with E-state index in [9.17, 15) is 4.79 Å². The van der Waals surface area contributed by atoms with E-state index >= 15 is 0 Å². The highest BCUT2D eigenvalue weighted by Crippen LogP contribution is 2.40. The summed E-state index contributed by atoms with van der Waals surface area (Å²) in [6, 6.07) is 7.83. The molecule has 5 rings (SSSR count). The lowest BCUT2D eigenvalue weighted by Gasteiger charge is -2.33. The number of fused-ring (bicyclic) bond motifs is 2. The molecule has 2 aliphatic rings. The largest absolute Gasteiger partial charge is 0.458 e. The standard InChI is InChI=1S/C20H20N6O2/c1-13-10-21-20(22-11-13)28-18-9-14-8-17(18)25(12-14)19(27)15-4-2-3-5-16(15)26-23-6-7-24-26/h2-7,10-11,14,17-18H,8-9,12H2,1H3. The molecule has 1 aliphatic heterocycles. The Kier molecular flexibility index (Phi) is 4.03. The molecule has 2 aromatic heterocycles. The Morgan fingerprint density at radius 3 is 2.61 bits per heavy atom. The number of piperidine rings is 1. The van der Waals surface area contributed by atoms with Gasteiger partial charge in [0, 0.05) is 18.9 Å². The number of benzene rings is 1. The second-order valence-electron chi connectivity index (χ2n) is 7.40. The number of aryl methyl sites for hydroxylation is 1. The zero-order valence-electron chi connectivity index (χ0n) is 15.5. The van der Waals surface area contributed by atoms with Crippen LogP contribution in [-0.2, 0) is 0 Å². The van der Waals surface area contributed by atoms with Gasteiger partial charge in [0.2, 0.25) is 0 Å². The van der Waals surface area contributed by atoms with Crippen LogP contribution < -0.4 is 4.74 Å². The summed E-state index contributed by atoms with van der Waals surface area (Å²) in [6.07, 6.45) is 8.48. The highest BCUT2D eigenvalue weighted by atomic mass is 16.5. The maximum absolute atomic E-state index is 13.4. The van der Waals surface area contributed by atoms with E-state index in [0.29, 0.717) is 23.2 Å². The van der Waals surface area contributed by atoms with Crippen molar-refractivity contribution in [3.05, 3.63) is 60.2 Å². The summed E-state index contributed by atoms with van der Waals surface area (Å²) in [7, 11) is 0. The number of rotatable bonds is 4. The van der Waals surface area contributed by atoms with Crippen molar-refractivity contribution >= 4 is 5.91 Å². The van der Waals surface area contributed by atoms with Crippen molar-refractivity contribution in [3.8, 4) is 11.7 Å². The Hall–Kier alpha value is -3.29. The maximum Gasteiger partial charge on any atom is 0.316 e. The zero-order chi connectivity index (χ0) is 19.1. The molecule has 28 heavy (non-hydrogen) atoms. The van der Waals surface area contributed by atoms with Gasteiger partial charge in [0.25, 0.3) is 5.91 Å². The van der Waals surface area contributed by atoms with E-state index in [1.54, 1.807) is 24.8 Å². The number of para-hydroxylation sites is 1. The Morgan fingerprint density at radius 2 is 1.86 bits per heavy atom. The lowest BCUT2D eigenvalue weighted by atomic mass is 10.1. The van der Waals surface area contributed by atoms with Crippen LogP contribution in [0.25, 0.3) is 5.69 Å². The van der Waals surface area contributed by atoms with E-state index in [1.807, 2.05) is 36.1 Å². The van der Waals surface area contributed by atoms with E-state index in [0.717, 1.165) is 24.9 Å². The fourth-order valence-corrected chi connectivity index (χ4v) is 4.23. The topological polar surface area (TPSA) is 86.0 Å². The smallest absolute Gasteiger partial charge is 0.316 e. The lowest BCUT2D eigenvalue weighted by molar-refractivity contribution is 0.0452. The molecule has 3 unspecified atom stereocenters. The van der Waals surface area contributed by atoms with Crippen molar-refractivity contribution in [1.29, 1.82) is 0 Å². The van der Waals surface area contributed by atoms with E-state index in [-0.39, 0.29) is 18.1 Å². The van der Waals surface area contributed by atoms with E-state index in [2.05, 4.69) is 20.2 Å². The molecule has 2 bridgehead atoms. The molecule has 1 amide bonds. The van der Waals surface area contributed by atoms with Gasteiger partial charge in [-0.05, 0) is 43.4 Å². The predicted molar refractivity (Wildman–Crippen MR) is 100 cm³/mol. The van der Waals surface area contributed by atoms with Gasteiger partial charge in [-0.15, -0.1) is 0 Å². The van der Waals surface area contributed by atoms with Gasteiger partial charge in [-0.3, -0.25) is 4.79 Å². The van der Waals surface area contributed by atoms with E-state index in [1.165, 1.54) is 4.80 Å². The first-order chi connectivity index (χ1) is 13.7. The van der Waals surface area contributed by atoms with Crippen molar-refractivity contribution in [3.63, 3.8) is 0 Å². The van der Waals surface area contributed by atoms with Crippen LogP contribution in [0.4, 0.5) is 0 Å². The minimum atomic E-state index is -0.0830. The summed E-state index contributed by atoms with van der Waals surface area (Å²) in [6.45, 7) is 2.69. The van der Waals surface area contributed by atoms with Crippen molar-refractivity contribution in [2.75, 3.05) is 6.54 Å². The van der Waals surface area contributed by atoms with Crippen LogP contribution in [0.3, 0.4) is 0 Å². The van der Waals surface area contributed by atoms with Crippen molar-refractivity contribution in [2.24, 2.45) is 5.92 Å². The van der Waals surface area contributed by atoms with Crippen LogP contribution in [-0.4, -0.2) is 54.5 Å². The molecule has 0 radical (unpaired) electrons. The molecule has 3 heterocycles. The first-order valence-electron chi connectivity index (χ1n) is 9.41. The molecule has 1 aromatic carbocycles. The molecule has 1 aliphatic carbocycles. The predicted octanol–water partition coefficient (Wildman–Crippen LogP) is 2.05. The molecule has 142 valence electrons. The van der Waals surface area contributed by atoms with Crippen LogP contribution in [0.2, 0.25) is 0 Å². The van der Waals surface area contributed by atoms with Crippen molar-refractivity contribution in [2.45, 2.75) is 31.9 Å². The number of carbonyl (C=O) groups is 1. The summed E-state index contributed by atoms with van der Waals surface area (Å²) in [4.78, 5) is 25.3. The molecule has 0 spiro atoms. The number of hydrogen-bond donors (Lipinski definition) is 0. The second-order valence-corrected chi connectivity index (χ2v) is 7.40. The molecule has 3 atom stereocenters. The number of carbonyl (C=O) groups excluding carboxylic acids is 1. The van der Waals surface area contributed by atoms with Gasteiger partial charge < -0.3 is 9.64 Å². The molecule has 2 fully saturated rings. The normalized spacial score (nSPS) is 23.2. The third kappa shape index (κ3) is 2.90. The molecule has 3 aromatic rings. The van der Waals surface area contributed by atoms with Crippen molar-refractivity contribution < 1.29 is 9.53 Å². The Labute approximate surface area is 162 Å². The molecule has 8 heteroatoms. The molecule has 0 N–H and O–H groups in total. The fraction of sp³-hybridized carbons (Fsp3) is 0.350.